The van der Waals surface area contributed by atoms with E-state index < -0.39 is 16.0 Å². The summed E-state index contributed by atoms with van der Waals surface area (Å²) in [5.41, 5.74) is 6.52. The van der Waals surface area contributed by atoms with Gasteiger partial charge in [-0.05, 0) is 30.5 Å². The molecule has 0 spiro atoms. The first kappa shape index (κ1) is 15.0. The minimum absolute atomic E-state index is 0.104. The van der Waals surface area contributed by atoms with Gasteiger partial charge in [-0.25, -0.2) is 17.5 Å². The van der Waals surface area contributed by atoms with Crippen LogP contribution in [0.3, 0.4) is 0 Å². The molecule has 1 heterocycles. The summed E-state index contributed by atoms with van der Waals surface area (Å²) in [5, 5.41) is 8.80. The van der Waals surface area contributed by atoms with Gasteiger partial charge in [-0.15, -0.1) is 0 Å². The second kappa shape index (κ2) is 5.90. The van der Waals surface area contributed by atoms with Crippen molar-refractivity contribution >= 4 is 16.0 Å². The fourth-order valence-electron chi connectivity index (χ4n) is 2.27. The summed E-state index contributed by atoms with van der Waals surface area (Å²) in [5.74, 6) is -1.15. The predicted molar refractivity (Wildman–Crippen MR) is 74.8 cm³/mol. The molecule has 20 heavy (non-hydrogen) atoms. The molecule has 110 valence electrons. The van der Waals surface area contributed by atoms with Crippen molar-refractivity contribution in [3.63, 3.8) is 0 Å². The van der Waals surface area contributed by atoms with Crippen LogP contribution in [0.5, 0.6) is 0 Å². The van der Waals surface area contributed by atoms with Gasteiger partial charge in [0, 0.05) is 19.1 Å². The largest absolute Gasteiger partial charge is 0.478 e. The van der Waals surface area contributed by atoms with E-state index in [1.165, 1.54) is 28.6 Å². The van der Waals surface area contributed by atoms with E-state index in [1.54, 1.807) is 0 Å². The second-order valence-corrected chi connectivity index (χ2v) is 6.99. The monoisotopic (exact) mass is 298 g/mol. The standard InChI is InChI=1S/C13H18N2O4S/c14-12-2-1-7-15(8-12)20(18,19)9-10-3-5-11(6-4-10)13(16)17/h3-6,12H,1-2,7-9,14H2,(H,16,17). The normalized spacial score (nSPS) is 20.8. The molecule has 6 nitrogen and oxygen atoms in total. The molecule has 7 heteroatoms. The van der Waals surface area contributed by atoms with Gasteiger partial charge < -0.3 is 10.8 Å². The SMILES string of the molecule is NC1CCCN(S(=O)(=O)Cc2ccc(C(=O)O)cc2)C1. The minimum Gasteiger partial charge on any atom is -0.478 e. The lowest BCUT2D eigenvalue weighted by atomic mass is 10.1. The second-order valence-electron chi connectivity index (χ2n) is 5.02. The molecular weight excluding hydrogens is 280 g/mol. The highest BCUT2D eigenvalue weighted by Crippen LogP contribution is 2.17. The van der Waals surface area contributed by atoms with Gasteiger partial charge in [0.1, 0.15) is 0 Å². The van der Waals surface area contributed by atoms with Crippen molar-refractivity contribution in [3.05, 3.63) is 35.4 Å². The average molecular weight is 298 g/mol. The smallest absolute Gasteiger partial charge is 0.335 e. The van der Waals surface area contributed by atoms with Crippen LogP contribution in [-0.4, -0.2) is 42.9 Å². The third-order valence-corrected chi connectivity index (χ3v) is 5.18. The van der Waals surface area contributed by atoms with Crippen molar-refractivity contribution in [1.29, 1.82) is 0 Å². The van der Waals surface area contributed by atoms with Crippen molar-refractivity contribution in [1.82, 2.24) is 4.31 Å². The topological polar surface area (TPSA) is 101 Å². The summed E-state index contributed by atoms with van der Waals surface area (Å²) in [6, 6.07) is 5.79. The number of rotatable bonds is 4. The minimum atomic E-state index is -3.40. The summed E-state index contributed by atoms with van der Waals surface area (Å²) in [7, 11) is -3.40. The van der Waals surface area contributed by atoms with Gasteiger partial charge >= 0.3 is 5.97 Å². The number of carboxylic acids is 1. The van der Waals surface area contributed by atoms with Crippen LogP contribution in [0.4, 0.5) is 0 Å². The molecule has 3 N–H and O–H groups in total. The molecule has 1 fully saturated rings. The Balaban J connectivity index is 2.09. The van der Waals surface area contributed by atoms with E-state index in [1.807, 2.05) is 0 Å². The number of nitrogens with two attached hydrogens (primary N) is 1. The lowest BCUT2D eigenvalue weighted by molar-refractivity contribution is 0.0697. The summed E-state index contributed by atoms with van der Waals surface area (Å²) < 4.78 is 26.0. The van der Waals surface area contributed by atoms with E-state index >= 15 is 0 Å². The first-order valence-corrected chi connectivity index (χ1v) is 8.05. The van der Waals surface area contributed by atoms with E-state index in [-0.39, 0.29) is 17.4 Å². The van der Waals surface area contributed by atoms with Crippen LogP contribution in [0.1, 0.15) is 28.8 Å². The van der Waals surface area contributed by atoms with E-state index in [0.717, 1.165) is 12.8 Å². The Hall–Kier alpha value is -1.44. The highest BCUT2D eigenvalue weighted by Gasteiger charge is 2.27. The first-order chi connectivity index (χ1) is 9.38. The molecule has 1 atom stereocenters. The summed E-state index contributed by atoms with van der Waals surface area (Å²) >= 11 is 0. The van der Waals surface area contributed by atoms with Gasteiger partial charge in [0.25, 0.3) is 0 Å². The molecule has 1 aliphatic heterocycles. The number of carbonyl (C=O) groups is 1. The third-order valence-electron chi connectivity index (χ3n) is 3.36. The molecule has 1 aliphatic rings. The number of aromatic carboxylic acids is 1. The van der Waals surface area contributed by atoms with Crippen LogP contribution in [0.2, 0.25) is 0 Å². The van der Waals surface area contributed by atoms with E-state index in [2.05, 4.69) is 0 Å². The van der Waals surface area contributed by atoms with Crippen LogP contribution < -0.4 is 5.73 Å². The van der Waals surface area contributed by atoms with Crippen molar-refractivity contribution < 1.29 is 18.3 Å². The number of nitrogens with zero attached hydrogens (tertiary/aromatic N) is 1. The molecule has 1 saturated heterocycles. The molecule has 1 unspecified atom stereocenters. The Morgan fingerprint density at radius 3 is 2.55 bits per heavy atom. The van der Waals surface area contributed by atoms with Crippen LogP contribution >= 0.6 is 0 Å². The summed E-state index contributed by atoms with van der Waals surface area (Å²) in [6.07, 6.45) is 1.62. The van der Waals surface area contributed by atoms with Gasteiger partial charge in [-0.3, -0.25) is 0 Å². The maximum atomic E-state index is 12.3. The molecule has 2 rings (SSSR count). The Morgan fingerprint density at radius 2 is 2.00 bits per heavy atom. The number of benzene rings is 1. The molecule has 1 aromatic carbocycles. The van der Waals surface area contributed by atoms with Crippen molar-refractivity contribution in [2.45, 2.75) is 24.6 Å². The van der Waals surface area contributed by atoms with Gasteiger partial charge in [-0.1, -0.05) is 12.1 Å². The van der Waals surface area contributed by atoms with Gasteiger partial charge in [0.05, 0.1) is 11.3 Å². The summed E-state index contributed by atoms with van der Waals surface area (Å²) in [4.78, 5) is 10.7. The molecule has 1 aromatic rings. The first-order valence-electron chi connectivity index (χ1n) is 6.44. The quantitative estimate of drug-likeness (QED) is 0.849. The average Bonchev–Trinajstić information content (AvgIpc) is 2.39. The number of piperidine rings is 1. The number of sulfonamides is 1. The van der Waals surface area contributed by atoms with Gasteiger partial charge in [0.15, 0.2) is 0 Å². The van der Waals surface area contributed by atoms with Crippen LogP contribution in [0.15, 0.2) is 24.3 Å². The Labute approximate surface area is 118 Å². The van der Waals surface area contributed by atoms with Crippen molar-refractivity contribution in [3.8, 4) is 0 Å². The Morgan fingerprint density at radius 1 is 1.35 bits per heavy atom. The zero-order valence-corrected chi connectivity index (χ0v) is 11.8. The lowest BCUT2D eigenvalue weighted by Gasteiger charge is -2.29. The molecule has 0 saturated carbocycles. The summed E-state index contributed by atoms with van der Waals surface area (Å²) in [6.45, 7) is 0.860. The highest BCUT2D eigenvalue weighted by atomic mass is 32.2. The number of carboxylic acid groups (broad SMARTS) is 1. The van der Waals surface area contributed by atoms with Crippen molar-refractivity contribution in [2.24, 2.45) is 5.73 Å². The Bertz CT molecular complexity index is 583. The van der Waals surface area contributed by atoms with Gasteiger partial charge in [0.2, 0.25) is 10.0 Å². The fourth-order valence-corrected chi connectivity index (χ4v) is 3.89. The third kappa shape index (κ3) is 3.56. The van der Waals surface area contributed by atoms with E-state index in [9.17, 15) is 13.2 Å². The Kier molecular flexibility index (Phi) is 4.42. The zero-order valence-electron chi connectivity index (χ0n) is 11.0. The molecule has 0 radical (unpaired) electrons. The maximum absolute atomic E-state index is 12.3. The molecule has 0 bridgehead atoms. The van der Waals surface area contributed by atoms with E-state index in [4.69, 9.17) is 10.8 Å². The highest BCUT2D eigenvalue weighted by molar-refractivity contribution is 7.88. The molecule has 0 aliphatic carbocycles. The van der Waals surface area contributed by atoms with Crippen molar-refractivity contribution in [2.75, 3.05) is 13.1 Å². The number of hydrogen-bond donors (Lipinski definition) is 2. The van der Waals surface area contributed by atoms with Gasteiger partial charge in [-0.2, -0.15) is 0 Å². The predicted octanol–water partition coefficient (Wildman–Crippen LogP) is 0.638. The molecular formula is C13H18N2O4S. The molecule has 0 aromatic heterocycles. The van der Waals surface area contributed by atoms with Crippen LogP contribution in [0, 0.1) is 0 Å². The number of hydrogen-bond acceptors (Lipinski definition) is 4. The zero-order chi connectivity index (χ0) is 14.8. The van der Waals surface area contributed by atoms with Crippen LogP contribution in [-0.2, 0) is 15.8 Å². The lowest BCUT2D eigenvalue weighted by Crippen LogP contribution is -2.46. The van der Waals surface area contributed by atoms with Crippen LogP contribution in [0.25, 0.3) is 0 Å². The fraction of sp³-hybridized carbons (Fsp3) is 0.462. The maximum Gasteiger partial charge on any atom is 0.335 e. The molecule has 0 amide bonds. The van der Waals surface area contributed by atoms with E-state index in [0.29, 0.717) is 18.7 Å².